The fourth-order valence-electron chi connectivity index (χ4n) is 3.80. The predicted octanol–water partition coefficient (Wildman–Crippen LogP) is 2.11. The molecule has 3 saturated carbocycles. The van der Waals surface area contributed by atoms with Gasteiger partial charge < -0.3 is 20.9 Å². The van der Waals surface area contributed by atoms with Crippen LogP contribution in [0.15, 0.2) is 18.2 Å². The largest absolute Gasteiger partial charge is 0.484 e. The second-order valence-electron chi connectivity index (χ2n) is 7.21. The van der Waals surface area contributed by atoms with E-state index in [-0.39, 0.29) is 11.3 Å². The van der Waals surface area contributed by atoms with Crippen LogP contribution in [0.5, 0.6) is 5.75 Å². The number of nitrogens with one attached hydrogen (secondary N) is 1. The Balaban J connectivity index is 1.59. The Hall–Kier alpha value is -1.87. The molecule has 4 rings (SSSR count). The third-order valence-electron chi connectivity index (χ3n) is 5.38. The lowest BCUT2D eigenvalue weighted by Crippen LogP contribution is -2.69. The molecule has 26 heavy (non-hydrogen) atoms. The highest BCUT2D eigenvalue weighted by Crippen LogP contribution is 2.45. The molecule has 2 bridgehead atoms. The van der Waals surface area contributed by atoms with Crippen LogP contribution in [0.3, 0.4) is 0 Å². The number of amides is 1. The molecule has 9 heteroatoms. The summed E-state index contributed by atoms with van der Waals surface area (Å²) in [6.07, 6.45) is -2.68. The van der Waals surface area contributed by atoms with Gasteiger partial charge in [0.2, 0.25) is 0 Å². The van der Waals surface area contributed by atoms with Crippen LogP contribution in [-0.2, 0) is 11.0 Å². The van der Waals surface area contributed by atoms with Gasteiger partial charge in [0.05, 0.1) is 17.2 Å². The second-order valence-corrected chi connectivity index (χ2v) is 7.21. The highest BCUT2D eigenvalue weighted by atomic mass is 19.4. The van der Waals surface area contributed by atoms with Crippen molar-refractivity contribution in [3.05, 3.63) is 29.6 Å². The van der Waals surface area contributed by atoms with Crippen LogP contribution in [0.4, 0.5) is 17.6 Å². The normalized spacial score (nSPS) is 30.9. The van der Waals surface area contributed by atoms with Gasteiger partial charge in [-0.2, -0.15) is 13.2 Å². The molecule has 1 atom stereocenters. The first-order chi connectivity index (χ1) is 12.0. The monoisotopic (exact) mass is 376 g/mol. The number of benzene rings is 1. The molecule has 0 saturated heterocycles. The number of aliphatic hydroxyl groups excluding tert-OH is 1. The smallest absolute Gasteiger partial charge is 0.419 e. The number of rotatable bonds is 4. The third-order valence-corrected chi connectivity index (χ3v) is 5.38. The van der Waals surface area contributed by atoms with Crippen LogP contribution in [0, 0.1) is 5.82 Å². The molecule has 4 N–H and O–H groups in total. The molecule has 3 fully saturated rings. The lowest BCUT2D eigenvalue weighted by atomic mass is 9.60. The van der Waals surface area contributed by atoms with E-state index in [1.165, 1.54) is 0 Å². The van der Waals surface area contributed by atoms with E-state index >= 15 is 0 Å². The van der Waals surface area contributed by atoms with Crippen molar-refractivity contribution in [3.8, 4) is 5.75 Å². The minimum absolute atomic E-state index is 0.183. The summed E-state index contributed by atoms with van der Waals surface area (Å²) < 4.78 is 56.2. The van der Waals surface area contributed by atoms with Crippen LogP contribution >= 0.6 is 0 Å². The summed E-state index contributed by atoms with van der Waals surface area (Å²) in [4.78, 5) is 12.2. The van der Waals surface area contributed by atoms with Crippen LogP contribution < -0.4 is 15.8 Å². The van der Waals surface area contributed by atoms with E-state index in [9.17, 15) is 27.5 Å². The summed E-state index contributed by atoms with van der Waals surface area (Å²) in [5.41, 5.74) is 3.61. The Labute approximate surface area is 147 Å². The lowest BCUT2D eigenvalue weighted by Gasteiger charge is -2.54. The number of fused-ring (bicyclic) bond motifs is 3. The number of hydrogen-bond donors (Lipinski definition) is 3. The Bertz CT molecular complexity index is 700. The van der Waals surface area contributed by atoms with E-state index < -0.39 is 41.7 Å². The summed E-state index contributed by atoms with van der Waals surface area (Å²) in [5.74, 6) is -2.18. The number of carbonyl (C=O) groups excluding carboxylic acids is 1. The number of carbonyl (C=O) groups is 1. The van der Waals surface area contributed by atoms with Gasteiger partial charge in [0.1, 0.15) is 11.6 Å². The number of halogens is 4. The Kier molecular flexibility index (Phi) is 4.64. The second kappa shape index (κ2) is 6.38. The van der Waals surface area contributed by atoms with Gasteiger partial charge in [-0.15, -0.1) is 0 Å². The molecular weight excluding hydrogens is 356 g/mol. The van der Waals surface area contributed by atoms with Crippen molar-refractivity contribution < 1.29 is 32.2 Å². The molecule has 0 aliphatic heterocycles. The maximum absolute atomic E-state index is 13.5. The molecular formula is C17H20F4N2O3. The fraction of sp³-hybridized carbons (Fsp3) is 0.588. The van der Waals surface area contributed by atoms with Crippen molar-refractivity contribution in [3.63, 3.8) is 0 Å². The summed E-state index contributed by atoms with van der Waals surface area (Å²) >= 11 is 0. The zero-order chi connectivity index (χ0) is 19.2. The van der Waals surface area contributed by atoms with Crippen molar-refractivity contribution in [2.75, 3.05) is 6.61 Å². The van der Waals surface area contributed by atoms with E-state index in [1.807, 2.05) is 0 Å². The Morgan fingerprint density at radius 3 is 2.50 bits per heavy atom. The van der Waals surface area contributed by atoms with E-state index in [4.69, 9.17) is 10.5 Å². The van der Waals surface area contributed by atoms with E-state index in [1.54, 1.807) is 0 Å². The van der Waals surface area contributed by atoms with Crippen molar-refractivity contribution in [1.82, 2.24) is 5.32 Å². The van der Waals surface area contributed by atoms with Gasteiger partial charge in [-0.25, -0.2) is 4.39 Å². The molecule has 1 amide bonds. The molecule has 1 aromatic rings. The summed E-state index contributed by atoms with van der Waals surface area (Å²) in [6, 6.07) is 2.11. The Morgan fingerprint density at radius 1 is 1.31 bits per heavy atom. The quantitative estimate of drug-likeness (QED) is 0.703. The van der Waals surface area contributed by atoms with Gasteiger partial charge >= 0.3 is 6.18 Å². The number of aliphatic hydroxyl groups is 1. The number of alkyl halides is 3. The third kappa shape index (κ3) is 3.64. The topological polar surface area (TPSA) is 84.6 Å². The average molecular weight is 376 g/mol. The van der Waals surface area contributed by atoms with Crippen LogP contribution in [0.25, 0.3) is 0 Å². The summed E-state index contributed by atoms with van der Waals surface area (Å²) in [7, 11) is 0. The highest BCUT2D eigenvalue weighted by molar-refractivity contribution is 5.78. The van der Waals surface area contributed by atoms with Gasteiger partial charge in [0.25, 0.3) is 5.91 Å². The lowest BCUT2D eigenvalue weighted by molar-refractivity contribution is -0.140. The van der Waals surface area contributed by atoms with E-state index in [2.05, 4.69) is 5.32 Å². The van der Waals surface area contributed by atoms with Gasteiger partial charge in [-0.05, 0) is 44.2 Å². The van der Waals surface area contributed by atoms with Crippen molar-refractivity contribution >= 4 is 5.91 Å². The molecule has 0 aromatic heterocycles. The molecule has 5 nitrogen and oxygen atoms in total. The standard InChI is InChI=1S/C17H20F4N2O3/c18-12-7-10(1-2-11(12)17(19,20)21)26-9-14(25)23-16-5-3-15(22,4-6-16)8-13(16)24/h1-2,7,13,24H,3-6,8-9,22H2,(H,23,25)/t13-,15?,16?/m1/s1. The first kappa shape index (κ1) is 18.9. The molecule has 0 spiro atoms. The van der Waals surface area contributed by atoms with E-state index in [0.29, 0.717) is 44.2 Å². The van der Waals surface area contributed by atoms with E-state index in [0.717, 1.165) is 6.07 Å². The van der Waals surface area contributed by atoms with Crippen LogP contribution in [0.1, 0.15) is 37.7 Å². The van der Waals surface area contributed by atoms with Crippen molar-refractivity contribution in [1.29, 1.82) is 0 Å². The SMILES string of the molecule is NC12CCC(NC(=O)COc3ccc(C(F)(F)F)c(F)c3)(CC1)[C@H](O)C2. The van der Waals surface area contributed by atoms with Crippen LogP contribution in [-0.4, -0.2) is 34.8 Å². The number of ether oxygens (including phenoxy) is 1. The molecule has 3 aliphatic rings. The van der Waals surface area contributed by atoms with Gasteiger partial charge in [-0.1, -0.05) is 0 Å². The predicted molar refractivity (Wildman–Crippen MR) is 83.8 cm³/mol. The Morgan fingerprint density at radius 2 is 1.96 bits per heavy atom. The maximum atomic E-state index is 13.5. The minimum Gasteiger partial charge on any atom is -0.484 e. The molecule has 0 unspecified atom stereocenters. The molecule has 0 heterocycles. The molecule has 0 radical (unpaired) electrons. The summed E-state index contributed by atoms with van der Waals surface area (Å²) in [6.45, 7) is -0.493. The average Bonchev–Trinajstić information content (AvgIpc) is 2.53. The first-order valence-electron chi connectivity index (χ1n) is 8.31. The number of hydrogen-bond acceptors (Lipinski definition) is 4. The zero-order valence-electron chi connectivity index (χ0n) is 13.9. The van der Waals surface area contributed by atoms with Crippen molar-refractivity contribution in [2.24, 2.45) is 5.73 Å². The van der Waals surface area contributed by atoms with Gasteiger partial charge in [0, 0.05) is 11.6 Å². The number of nitrogens with two attached hydrogens (primary N) is 1. The molecule has 3 aliphatic carbocycles. The van der Waals surface area contributed by atoms with Crippen LogP contribution in [0.2, 0.25) is 0 Å². The highest BCUT2D eigenvalue weighted by Gasteiger charge is 2.53. The molecule has 144 valence electrons. The van der Waals surface area contributed by atoms with Gasteiger partial charge in [-0.3, -0.25) is 4.79 Å². The summed E-state index contributed by atoms with van der Waals surface area (Å²) in [5, 5.41) is 13.1. The van der Waals surface area contributed by atoms with Gasteiger partial charge in [0.15, 0.2) is 6.61 Å². The molecule has 1 aromatic carbocycles. The van der Waals surface area contributed by atoms with Crippen molar-refractivity contribution in [2.45, 2.75) is 55.5 Å². The zero-order valence-corrected chi connectivity index (χ0v) is 13.9. The first-order valence-corrected chi connectivity index (χ1v) is 8.31. The maximum Gasteiger partial charge on any atom is 0.419 e. The minimum atomic E-state index is -4.80. The fourth-order valence-corrected chi connectivity index (χ4v) is 3.80.